The zero-order valence-electron chi connectivity index (χ0n) is 10.3. The predicted molar refractivity (Wildman–Crippen MR) is 70.0 cm³/mol. The highest BCUT2D eigenvalue weighted by molar-refractivity contribution is 5.98. The number of nitrogens with zero attached hydrogens (tertiary/aromatic N) is 3. The van der Waals surface area contributed by atoms with Crippen molar-refractivity contribution in [1.29, 1.82) is 0 Å². The van der Waals surface area contributed by atoms with Gasteiger partial charge in [0, 0.05) is 12.7 Å². The lowest BCUT2D eigenvalue weighted by Gasteiger charge is -2.06. The normalized spacial score (nSPS) is 10.8. The quantitative estimate of drug-likeness (QED) is 0.793. The van der Waals surface area contributed by atoms with Crippen molar-refractivity contribution in [1.82, 2.24) is 14.5 Å². The molecule has 0 radical (unpaired) electrons. The molecule has 1 aromatic carbocycles. The average Bonchev–Trinajstić information content (AvgIpc) is 2.84. The molecule has 0 bridgehead atoms. The summed E-state index contributed by atoms with van der Waals surface area (Å²) in [5.74, 6) is -1.41. The fraction of sp³-hybridized carbons (Fsp3) is 0.0714. The molecule has 0 saturated carbocycles. The molecule has 0 fully saturated rings. The van der Waals surface area contributed by atoms with Gasteiger partial charge in [0.25, 0.3) is 0 Å². The lowest BCUT2D eigenvalue weighted by atomic mass is 10.2. The van der Waals surface area contributed by atoms with E-state index in [0.29, 0.717) is 17.6 Å². The molecule has 5 nitrogen and oxygen atoms in total. The molecule has 0 aliphatic heterocycles. The Morgan fingerprint density at radius 2 is 1.95 bits per heavy atom. The number of halogens is 1. The SMILES string of the molecule is O=C(O)c1nccc2ncn(Cc3ccc(F)cc3)c12. The molecule has 0 atom stereocenters. The van der Waals surface area contributed by atoms with E-state index in [2.05, 4.69) is 9.97 Å². The monoisotopic (exact) mass is 271 g/mol. The maximum atomic E-state index is 12.9. The van der Waals surface area contributed by atoms with Gasteiger partial charge in [-0.15, -0.1) is 0 Å². The first-order valence-electron chi connectivity index (χ1n) is 5.93. The molecule has 0 aliphatic rings. The van der Waals surface area contributed by atoms with Crippen LogP contribution in [0.4, 0.5) is 4.39 Å². The second-order valence-corrected chi connectivity index (χ2v) is 4.33. The van der Waals surface area contributed by atoms with Crippen LogP contribution in [0.2, 0.25) is 0 Å². The maximum Gasteiger partial charge on any atom is 0.356 e. The summed E-state index contributed by atoms with van der Waals surface area (Å²) in [7, 11) is 0. The molecule has 20 heavy (non-hydrogen) atoms. The first-order chi connectivity index (χ1) is 9.65. The number of hydrogen-bond donors (Lipinski definition) is 1. The van der Waals surface area contributed by atoms with Crippen LogP contribution in [0.5, 0.6) is 0 Å². The van der Waals surface area contributed by atoms with Crippen LogP contribution >= 0.6 is 0 Å². The Morgan fingerprint density at radius 3 is 2.65 bits per heavy atom. The molecular formula is C14H10FN3O2. The van der Waals surface area contributed by atoms with Gasteiger partial charge in [0.2, 0.25) is 0 Å². The highest BCUT2D eigenvalue weighted by atomic mass is 19.1. The van der Waals surface area contributed by atoms with Crippen molar-refractivity contribution in [3.8, 4) is 0 Å². The number of hydrogen-bond acceptors (Lipinski definition) is 3. The molecule has 0 aliphatic carbocycles. The number of pyridine rings is 1. The molecule has 2 aromatic heterocycles. The number of imidazole rings is 1. The van der Waals surface area contributed by atoms with Gasteiger partial charge in [-0.1, -0.05) is 12.1 Å². The maximum absolute atomic E-state index is 12.9. The van der Waals surface area contributed by atoms with Crippen LogP contribution in [0.15, 0.2) is 42.9 Å². The number of aromatic carboxylic acids is 1. The fourth-order valence-electron chi connectivity index (χ4n) is 2.08. The minimum atomic E-state index is -1.10. The van der Waals surface area contributed by atoms with Crippen LogP contribution in [0.25, 0.3) is 11.0 Å². The molecule has 0 saturated heterocycles. The molecule has 0 spiro atoms. The number of carbonyl (C=O) groups is 1. The third-order valence-electron chi connectivity index (χ3n) is 3.00. The lowest BCUT2D eigenvalue weighted by Crippen LogP contribution is -2.06. The van der Waals surface area contributed by atoms with E-state index in [9.17, 15) is 14.3 Å². The Kier molecular flexibility index (Phi) is 2.90. The zero-order chi connectivity index (χ0) is 14.1. The van der Waals surface area contributed by atoms with E-state index in [4.69, 9.17) is 0 Å². The van der Waals surface area contributed by atoms with Gasteiger partial charge < -0.3 is 9.67 Å². The summed E-state index contributed by atoms with van der Waals surface area (Å²) >= 11 is 0. The van der Waals surface area contributed by atoms with Crippen LogP contribution in [-0.4, -0.2) is 25.6 Å². The van der Waals surface area contributed by atoms with Gasteiger partial charge in [-0.25, -0.2) is 19.2 Å². The smallest absolute Gasteiger partial charge is 0.356 e. The summed E-state index contributed by atoms with van der Waals surface area (Å²) in [6.45, 7) is 0.406. The lowest BCUT2D eigenvalue weighted by molar-refractivity contribution is 0.0692. The van der Waals surface area contributed by atoms with E-state index >= 15 is 0 Å². The third kappa shape index (κ3) is 2.11. The zero-order valence-corrected chi connectivity index (χ0v) is 10.3. The Balaban J connectivity index is 2.07. The molecule has 6 heteroatoms. The van der Waals surface area contributed by atoms with Gasteiger partial charge >= 0.3 is 5.97 Å². The Labute approximate surface area is 113 Å². The number of rotatable bonds is 3. The predicted octanol–water partition coefficient (Wildman–Crippen LogP) is 2.32. The van der Waals surface area contributed by atoms with Crippen LogP contribution in [0.3, 0.4) is 0 Å². The molecule has 2 heterocycles. The number of benzene rings is 1. The Morgan fingerprint density at radius 1 is 1.20 bits per heavy atom. The summed E-state index contributed by atoms with van der Waals surface area (Å²) in [4.78, 5) is 19.2. The van der Waals surface area contributed by atoms with Crippen LogP contribution in [0, 0.1) is 5.82 Å². The summed E-state index contributed by atoms with van der Waals surface area (Å²) in [5.41, 5.74) is 1.84. The van der Waals surface area contributed by atoms with E-state index in [0.717, 1.165) is 5.56 Å². The Hall–Kier alpha value is -2.76. The van der Waals surface area contributed by atoms with Crippen LogP contribution < -0.4 is 0 Å². The van der Waals surface area contributed by atoms with Gasteiger partial charge in [0.05, 0.1) is 11.8 Å². The fourth-order valence-corrected chi connectivity index (χ4v) is 2.08. The molecule has 100 valence electrons. The van der Waals surface area contributed by atoms with Crippen LogP contribution in [-0.2, 0) is 6.54 Å². The highest BCUT2D eigenvalue weighted by Crippen LogP contribution is 2.17. The van der Waals surface area contributed by atoms with Crippen molar-refractivity contribution < 1.29 is 14.3 Å². The number of fused-ring (bicyclic) bond motifs is 1. The second-order valence-electron chi connectivity index (χ2n) is 4.33. The van der Waals surface area contributed by atoms with Gasteiger partial charge in [-0.05, 0) is 23.8 Å². The summed E-state index contributed by atoms with van der Waals surface area (Å²) in [5, 5.41) is 9.17. The summed E-state index contributed by atoms with van der Waals surface area (Å²) < 4.78 is 14.6. The molecule has 3 rings (SSSR count). The van der Waals surface area contributed by atoms with E-state index in [1.165, 1.54) is 18.3 Å². The molecule has 0 amide bonds. The van der Waals surface area contributed by atoms with Crippen LogP contribution in [0.1, 0.15) is 16.1 Å². The van der Waals surface area contributed by atoms with Crippen molar-refractivity contribution >= 4 is 17.0 Å². The van der Waals surface area contributed by atoms with E-state index in [-0.39, 0.29) is 11.5 Å². The highest BCUT2D eigenvalue weighted by Gasteiger charge is 2.15. The first-order valence-corrected chi connectivity index (χ1v) is 5.93. The summed E-state index contributed by atoms with van der Waals surface area (Å²) in [6, 6.07) is 7.69. The van der Waals surface area contributed by atoms with Gasteiger partial charge in [0.15, 0.2) is 5.69 Å². The number of carboxylic acids is 1. The van der Waals surface area contributed by atoms with Crippen molar-refractivity contribution in [2.24, 2.45) is 0 Å². The van der Waals surface area contributed by atoms with Crippen molar-refractivity contribution in [2.75, 3.05) is 0 Å². The van der Waals surface area contributed by atoms with Gasteiger partial charge in [-0.3, -0.25) is 0 Å². The largest absolute Gasteiger partial charge is 0.476 e. The van der Waals surface area contributed by atoms with Crippen molar-refractivity contribution in [2.45, 2.75) is 6.54 Å². The van der Waals surface area contributed by atoms with E-state index < -0.39 is 5.97 Å². The Bertz CT molecular complexity index is 781. The minimum absolute atomic E-state index is 0.0397. The van der Waals surface area contributed by atoms with Gasteiger partial charge in [0.1, 0.15) is 11.3 Å². The number of carboxylic acid groups (broad SMARTS) is 1. The van der Waals surface area contributed by atoms with Crippen molar-refractivity contribution in [3.63, 3.8) is 0 Å². The topological polar surface area (TPSA) is 68.0 Å². The van der Waals surface area contributed by atoms with E-state index in [1.54, 1.807) is 29.1 Å². The van der Waals surface area contributed by atoms with Gasteiger partial charge in [-0.2, -0.15) is 0 Å². The molecule has 1 N–H and O–H groups in total. The minimum Gasteiger partial charge on any atom is -0.476 e. The second kappa shape index (κ2) is 4.73. The molecule has 0 unspecified atom stereocenters. The summed E-state index contributed by atoms with van der Waals surface area (Å²) in [6.07, 6.45) is 2.98. The molecule has 3 aromatic rings. The van der Waals surface area contributed by atoms with E-state index in [1.807, 2.05) is 0 Å². The first kappa shape index (κ1) is 12.3. The third-order valence-corrected chi connectivity index (χ3v) is 3.00. The average molecular weight is 271 g/mol. The molecular weight excluding hydrogens is 261 g/mol. The standard InChI is InChI=1S/C14H10FN3O2/c15-10-3-1-9(2-4-10)7-18-8-17-11-5-6-16-12(13(11)18)14(19)20/h1-6,8H,7H2,(H,19,20). The number of aromatic nitrogens is 3. The van der Waals surface area contributed by atoms with Crippen molar-refractivity contribution in [3.05, 3.63) is 59.9 Å².